The molecule has 2 atom stereocenters. The van der Waals surface area contributed by atoms with Crippen LogP contribution in [-0.4, -0.2) is 110 Å². The molecule has 0 saturated carbocycles. The molecule has 1 aromatic carbocycles. The lowest BCUT2D eigenvalue weighted by molar-refractivity contribution is -0.145. The van der Waals surface area contributed by atoms with Crippen LogP contribution in [0.2, 0.25) is 0 Å². The van der Waals surface area contributed by atoms with Crippen molar-refractivity contribution in [3.8, 4) is 0 Å². The fourth-order valence-corrected chi connectivity index (χ4v) is 6.03. The second-order valence-corrected chi connectivity index (χ2v) is 12.1. The third-order valence-corrected chi connectivity index (χ3v) is 8.55. The maximum absolute atomic E-state index is 13.2. The minimum Gasteiger partial charge on any atom is -0.326 e. The average molecular weight is 698 g/mol. The number of carbonyl (C=O) groups is 11. The number of benzene rings is 1. The summed E-state index contributed by atoms with van der Waals surface area (Å²) in [5, 5.41) is 2.65. The highest BCUT2D eigenvalue weighted by Crippen LogP contribution is 2.22. The Labute approximate surface area is 290 Å². The zero-order chi connectivity index (χ0) is 37.0. The number of hydrogen-bond acceptors (Lipinski definition) is 11. The number of Topliss-reactive ketones (excluding diaryl/α,β-unsaturated/α-hetero) is 2. The molecule has 5 rings (SSSR count). The standard InChI is InChI=1S/C35H31N5O11/c1-20(41)22-14-21(16-26(42)4-2-24(39-32(48)10-11-33(39)49)18-37-28(44)6-7-29(37)45)15-23(17-22)36-27(43)5-3-25(40-34(50)12-13-35(40)51)19-38-30(46)8-9-31(38)47/h6-15,17,24-25H,2-5,16,18-19H2,1H3,(H,36,43). The predicted octanol–water partition coefficient (Wildman–Crippen LogP) is -0.0631. The van der Waals surface area contributed by atoms with Crippen LogP contribution in [0.15, 0.2) is 66.8 Å². The summed E-state index contributed by atoms with van der Waals surface area (Å²) < 4.78 is 0. The highest BCUT2D eigenvalue weighted by Gasteiger charge is 2.37. The van der Waals surface area contributed by atoms with Crippen LogP contribution in [-0.2, 0) is 54.4 Å². The van der Waals surface area contributed by atoms with Crippen molar-refractivity contribution in [2.45, 2.75) is 51.1 Å². The summed E-state index contributed by atoms with van der Waals surface area (Å²) in [6.07, 6.45) is 7.66. The number of nitrogens with zero attached hydrogens (tertiary/aromatic N) is 4. The Hall–Kier alpha value is -6.45. The lowest BCUT2D eigenvalue weighted by Crippen LogP contribution is -2.48. The minimum absolute atomic E-state index is 0.0611. The van der Waals surface area contributed by atoms with E-state index in [2.05, 4.69) is 5.32 Å². The predicted molar refractivity (Wildman–Crippen MR) is 174 cm³/mol. The van der Waals surface area contributed by atoms with Gasteiger partial charge < -0.3 is 5.32 Å². The van der Waals surface area contributed by atoms with Gasteiger partial charge in [-0.3, -0.25) is 72.3 Å². The number of imide groups is 4. The van der Waals surface area contributed by atoms with E-state index < -0.39 is 65.2 Å². The lowest BCUT2D eigenvalue weighted by Gasteiger charge is -2.29. The molecule has 0 bridgehead atoms. The largest absolute Gasteiger partial charge is 0.326 e. The van der Waals surface area contributed by atoms with E-state index in [-0.39, 0.29) is 68.0 Å². The number of anilines is 1. The van der Waals surface area contributed by atoms with E-state index in [1.807, 2.05) is 0 Å². The zero-order valence-corrected chi connectivity index (χ0v) is 27.2. The molecule has 0 spiro atoms. The van der Waals surface area contributed by atoms with Gasteiger partial charge in [0.15, 0.2) is 5.78 Å². The Balaban J connectivity index is 1.24. The first kappa shape index (κ1) is 35.8. The maximum Gasteiger partial charge on any atom is 0.253 e. The van der Waals surface area contributed by atoms with Crippen LogP contribution in [0, 0.1) is 0 Å². The second kappa shape index (κ2) is 15.0. The molecule has 51 heavy (non-hydrogen) atoms. The third kappa shape index (κ3) is 8.24. The van der Waals surface area contributed by atoms with Gasteiger partial charge in [-0.15, -0.1) is 0 Å². The first-order chi connectivity index (χ1) is 24.2. The number of amides is 9. The Morgan fingerprint density at radius 1 is 0.569 bits per heavy atom. The summed E-state index contributed by atoms with van der Waals surface area (Å²) in [4.78, 5) is 140. The highest BCUT2D eigenvalue weighted by atomic mass is 16.2. The molecular formula is C35H31N5O11. The summed E-state index contributed by atoms with van der Waals surface area (Å²) in [7, 11) is 0. The minimum atomic E-state index is -1.00. The molecule has 0 radical (unpaired) electrons. The van der Waals surface area contributed by atoms with E-state index in [9.17, 15) is 52.7 Å². The molecule has 0 fully saturated rings. The van der Waals surface area contributed by atoms with Crippen molar-refractivity contribution in [1.82, 2.24) is 19.6 Å². The van der Waals surface area contributed by atoms with E-state index in [0.29, 0.717) is 5.56 Å². The van der Waals surface area contributed by atoms with Gasteiger partial charge in [0.1, 0.15) is 5.78 Å². The van der Waals surface area contributed by atoms with Crippen molar-refractivity contribution in [3.63, 3.8) is 0 Å². The number of ketones is 2. The number of nitrogens with one attached hydrogen (secondary N) is 1. The first-order valence-corrected chi connectivity index (χ1v) is 15.9. The average Bonchev–Trinajstić information content (AvgIpc) is 3.79. The molecule has 16 heteroatoms. The van der Waals surface area contributed by atoms with Crippen LogP contribution in [0.25, 0.3) is 0 Å². The Morgan fingerprint density at radius 3 is 1.41 bits per heavy atom. The number of carbonyl (C=O) groups excluding carboxylic acids is 11. The van der Waals surface area contributed by atoms with Crippen molar-refractivity contribution >= 4 is 70.4 Å². The molecule has 2 unspecified atom stereocenters. The van der Waals surface area contributed by atoms with Gasteiger partial charge in [0.05, 0.1) is 25.2 Å². The summed E-state index contributed by atoms with van der Waals surface area (Å²) in [5.74, 6) is -6.37. The Kier molecular flexibility index (Phi) is 10.5. The van der Waals surface area contributed by atoms with Gasteiger partial charge in [0.2, 0.25) is 5.91 Å². The number of hydrogen-bond donors (Lipinski definition) is 1. The van der Waals surface area contributed by atoms with E-state index in [0.717, 1.165) is 68.2 Å². The van der Waals surface area contributed by atoms with Gasteiger partial charge in [0.25, 0.3) is 47.3 Å². The Morgan fingerprint density at radius 2 is 0.980 bits per heavy atom. The van der Waals surface area contributed by atoms with Crippen molar-refractivity contribution in [1.29, 1.82) is 0 Å². The molecule has 262 valence electrons. The summed E-state index contributed by atoms with van der Waals surface area (Å²) >= 11 is 0. The number of rotatable bonds is 16. The normalized spacial score (nSPS) is 18.0. The third-order valence-electron chi connectivity index (χ3n) is 8.55. The van der Waals surface area contributed by atoms with Crippen LogP contribution < -0.4 is 5.32 Å². The molecule has 16 nitrogen and oxygen atoms in total. The molecular weight excluding hydrogens is 666 g/mol. The topological polar surface area (TPSA) is 213 Å². The van der Waals surface area contributed by atoms with E-state index in [4.69, 9.17) is 0 Å². The maximum atomic E-state index is 13.2. The Bertz CT molecular complexity index is 1720. The molecule has 0 aromatic heterocycles. The molecule has 4 heterocycles. The van der Waals surface area contributed by atoms with Crippen molar-refractivity contribution in [2.24, 2.45) is 0 Å². The summed E-state index contributed by atoms with van der Waals surface area (Å²) in [5.41, 5.74) is 0.716. The van der Waals surface area contributed by atoms with Crippen LogP contribution in [0.4, 0.5) is 5.69 Å². The van der Waals surface area contributed by atoms with Crippen LogP contribution in [0.3, 0.4) is 0 Å². The molecule has 1 N–H and O–H groups in total. The zero-order valence-electron chi connectivity index (χ0n) is 27.2. The van der Waals surface area contributed by atoms with Crippen molar-refractivity contribution < 1.29 is 52.7 Å². The fraction of sp³-hybridized carbons (Fsp3) is 0.286. The van der Waals surface area contributed by atoms with Gasteiger partial charge in [-0.2, -0.15) is 0 Å². The van der Waals surface area contributed by atoms with Crippen molar-refractivity contribution in [3.05, 3.63) is 77.9 Å². The van der Waals surface area contributed by atoms with Crippen LogP contribution >= 0.6 is 0 Å². The molecule has 0 saturated heterocycles. The summed E-state index contributed by atoms with van der Waals surface area (Å²) in [6.45, 7) is 0.678. The van der Waals surface area contributed by atoms with E-state index >= 15 is 0 Å². The van der Waals surface area contributed by atoms with Crippen LogP contribution in [0.1, 0.15) is 48.5 Å². The quantitative estimate of drug-likeness (QED) is 0.178. The van der Waals surface area contributed by atoms with Gasteiger partial charge in [-0.05, 0) is 43.5 Å². The first-order valence-electron chi connectivity index (χ1n) is 15.9. The lowest BCUT2D eigenvalue weighted by atomic mass is 9.99. The second-order valence-electron chi connectivity index (χ2n) is 12.1. The van der Waals surface area contributed by atoms with Crippen molar-refractivity contribution in [2.75, 3.05) is 18.4 Å². The van der Waals surface area contributed by atoms with E-state index in [1.54, 1.807) is 0 Å². The van der Waals surface area contributed by atoms with E-state index in [1.165, 1.54) is 25.1 Å². The molecule has 4 aliphatic rings. The monoisotopic (exact) mass is 697 g/mol. The molecule has 1 aromatic rings. The summed E-state index contributed by atoms with van der Waals surface area (Å²) in [6, 6.07) is 2.39. The fourth-order valence-electron chi connectivity index (χ4n) is 6.03. The molecule has 4 aliphatic heterocycles. The SMILES string of the molecule is CC(=O)c1cc(CC(=O)CCC(CN2C(=O)C=CC2=O)N2C(=O)C=CC2=O)cc(NC(=O)CCC(CN2C(=O)C=CC2=O)N2C(=O)C=CC2=O)c1. The smallest absolute Gasteiger partial charge is 0.253 e. The molecule has 0 aliphatic carbocycles. The van der Waals surface area contributed by atoms with Gasteiger partial charge in [-0.25, -0.2) is 0 Å². The van der Waals surface area contributed by atoms with Gasteiger partial charge >= 0.3 is 0 Å². The van der Waals surface area contributed by atoms with Gasteiger partial charge in [-0.1, -0.05) is 0 Å². The van der Waals surface area contributed by atoms with Crippen LogP contribution in [0.5, 0.6) is 0 Å². The molecule has 9 amide bonds. The highest BCUT2D eigenvalue weighted by molar-refractivity contribution is 6.15. The van der Waals surface area contributed by atoms with Gasteiger partial charge in [0, 0.05) is 79.1 Å².